The van der Waals surface area contributed by atoms with Gasteiger partial charge in [0.25, 0.3) is 5.91 Å². The molecule has 3 N–H and O–H groups in total. The molecule has 114 valence electrons. The number of anilines is 1. The molecule has 0 radical (unpaired) electrons. The van der Waals surface area contributed by atoms with Crippen molar-refractivity contribution in [3.8, 4) is 0 Å². The summed E-state index contributed by atoms with van der Waals surface area (Å²) < 4.78 is 1.65. The molecule has 0 saturated heterocycles. The third-order valence-corrected chi connectivity index (χ3v) is 3.40. The van der Waals surface area contributed by atoms with Crippen LogP contribution in [0, 0.1) is 0 Å². The first kappa shape index (κ1) is 17.5. The number of amides is 1. The summed E-state index contributed by atoms with van der Waals surface area (Å²) in [6.07, 6.45) is 4.42. The van der Waals surface area contributed by atoms with Crippen molar-refractivity contribution in [1.82, 2.24) is 9.78 Å². The Hall–Kier alpha value is -1.56. The number of halogens is 2. The standard InChI is InChI=1S/C14H16N4O.2ClH/c1-18-8-11(7-16-18)17-14(19)10-4-2-9(3-5-10)12-6-13(12)15;;/h2-5,7-8,12-13H,6,15H2,1H3,(H,17,19);2*1H/t12-,13+;;/m0../s1. The van der Waals surface area contributed by atoms with Crippen molar-refractivity contribution in [2.24, 2.45) is 12.8 Å². The Morgan fingerprint density at radius 1 is 1.33 bits per heavy atom. The summed E-state index contributed by atoms with van der Waals surface area (Å²) in [4.78, 5) is 12.0. The van der Waals surface area contributed by atoms with Gasteiger partial charge in [-0.3, -0.25) is 9.48 Å². The van der Waals surface area contributed by atoms with E-state index in [1.54, 1.807) is 17.1 Å². The van der Waals surface area contributed by atoms with Crippen molar-refractivity contribution in [2.75, 3.05) is 5.32 Å². The van der Waals surface area contributed by atoms with Crippen molar-refractivity contribution in [1.29, 1.82) is 0 Å². The number of hydrogen-bond donors (Lipinski definition) is 2. The Morgan fingerprint density at radius 3 is 2.43 bits per heavy atom. The first-order valence-electron chi connectivity index (χ1n) is 6.29. The zero-order chi connectivity index (χ0) is 13.4. The zero-order valence-corrected chi connectivity index (χ0v) is 13.2. The minimum atomic E-state index is -0.125. The highest BCUT2D eigenvalue weighted by atomic mass is 35.5. The van der Waals surface area contributed by atoms with Crippen LogP contribution in [0.1, 0.15) is 28.3 Å². The molecule has 2 aromatic rings. The normalized spacial score (nSPS) is 19.1. The molecule has 1 aromatic carbocycles. The molecule has 21 heavy (non-hydrogen) atoms. The quantitative estimate of drug-likeness (QED) is 0.908. The second-order valence-corrected chi connectivity index (χ2v) is 4.98. The van der Waals surface area contributed by atoms with Gasteiger partial charge in [0, 0.05) is 30.8 Å². The molecular formula is C14H18Cl2N4O. The summed E-state index contributed by atoms with van der Waals surface area (Å²) in [6.45, 7) is 0. The van der Waals surface area contributed by atoms with Crippen LogP contribution in [0.2, 0.25) is 0 Å². The number of nitrogens with zero attached hydrogens (tertiary/aromatic N) is 2. The second-order valence-electron chi connectivity index (χ2n) is 4.98. The summed E-state index contributed by atoms with van der Waals surface area (Å²) in [5.74, 6) is 0.343. The maximum absolute atomic E-state index is 12.0. The van der Waals surface area contributed by atoms with Crippen LogP contribution in [0.5, 0.6) is 0 Å². The summed E-state index contributed by atoms with van der Waals surface area (Å²) in [5, 5.41) is 6.81. The van der Waals surface area contributed by atoms with E-state index in [0.29, 0.717) is 17.2 Å². The predicted molar refractivity (Wildman–Crippen MR) is 87.4 cm³/mol. The van der Waals surface area contributed by atoms with Crippen molar-refractivity contribution in [3.63, 3.8) is 0 Å². The summed E-state index contributed by atoms with van der Waals surface area (Å²) >= 11 is 0. The molecule has 3 rings (SSSR count). The van der Waals surface area contributed by atoms with Crippen LogP contribution in [0.3, 0.4) is 0 Å². The number of aromatic nitrogens is 2. The molecule has 0 spiro atoms. The molecule has 0 aliphatic heterocycles. The van der Waals surface area contributed by atoms with Crippen molar-refractivity contribution < 1.29 is 4.79 Å². The highest BCUT2D eigenvalue weighted by Crippen LogP contribution is 2.38. The van der Waals surface area contributed by atoms with E-state index in [2.05, 4.69) is 10.4 Å². The van der Waals surface area contributed by atoms with Gasteiger partial charge in [0.05, 0.1) is 11.9 Å². The van der Waals surface area contributed by atoms with Gasteiger partial charge >= 0.3 is 0 Å². The number of rotatable bonds is 3. The fraction of sp³-hybridized carbons (Fsp3) is 0.286. The van der Waals surface area contributed by atoms with Crippen LogP contribution in [-0.2, 0) is 7.05 Å². The molecule has 1 aliphatic rings. The average molecular weight is 329 g/mol. The van der Waals surface area contributed by atoms with Crippen LogP contribution in [0.15, 0.2) is 36.7 Å². The average Bonchev–Trinajstić information content (AvgIpc) is 2.99. The summed E-state index contributed by atoms with van der Waals surface area (Å²) in [6, 6.07) is 7.93. The van der Waals surface area contributed by atoms with Crippen LogP contribution in [-0.4, -0.2) is 21.7 Å². The van der Waals surface area contributed by atoms with E-state index in [1.165, 1.54) is 5.56 Å². The number of nitrogens with two attached hydrogens (primary N) is 1. The van der Waals surface area contributed by atoms with E-state index >= 15 is 0 Å². The first-order chi connectivity index (χ1) is 9.13. The smallest absolute Gasteiger partial charge is 0.255 e. The van der Waals surface area contributed by atoms with E-state index < -0.39 is 0 Å². The van der Waals surface area contributed by atoms with Crippen molar-refractivity contribution in [3.05, 3.63) is 47.8 Å². The maximum atomic E-state index is 12.0. The Morgan fingerprint density at radius 2 is 1.95 bits per heavy atom. The van der Waals surface area contributed by atoms with Crippen LogP contribution in [0.25, 0.3) is 0 Å². The molecule has 2 atom stereocenters. The number of hydrogen-bond acceptors (Lipinski definition) is 3. The number of carbonyl (C=O) groups is 1. The van der Waals surface area contributed by atoms with E-state index in [1.807, 2.05) is 31.3 Å². The fourth-order valence-electron chi connectivity index (χ4n) is 2.17. The van der Waals surface area contributed by atoms with E-state index in [0.717, 1.165) is 6.42 Å². The lowest BCUT2D eigenvalue weighted by molar-refractivity contribution is 0.102. The lowest BCUT2D eigenvalue weighted by Gasteiger charge is -2.04. The first-order valence-corrected chi connectivity index (χ1v) is 6.29. The lowest BCUT2D eigenvalue weighted by atomic mass is 10.1. The highest BCUT2D eigenvalue weighted by molar-refractivity contribution is 6.04. The molecule has 1 aliphatic carbocycles. The predicted octanol–water partition coefficient (Wildman–Crippen LogP) is 2.33. The number of benzene rings is 1. The van der Waals surface area contributed by atoms with Gasteiger partial charge in [-0.2, -0.15) is 5.10 Å². The Balaban J connectivity index is 0.00000110. The molecule has 7 heteroatoms. The Labute approximate surface area is 135 Å². The lowest BCUT2D eigenvalue weighted by Crippen LogP contribution is -2.11. The van der Waals surface area contributed by atoms with Gasteiger partial charge < -0.3 is 11.1 Å². The van der Waals surface area contributed by atoms with Crippen molar-refractivity contribution in [2.45, 2.75) is 18.4 Å². The van der Waals surface area contributed by atoms with Gasteiger partial charge in [-0.1, -0.05) is 12.1 Å². The molecule has 5 nitrogen and oxygen atoms in total. The minimum absolute atomic E-state index is 0. The minimum Gasteiger partial charge on any atom is -0.327 e. The van der Waals surface area contributed by atoms with E-state index in [4.69, 9.17) is 5.73 Å². The van der Waals surface area contributed by atoms with Crippen LogP contribution >= 0.6 is 24.8 Å². The van der Waals surface area contributed by atoms with Crippen LogP contribution in [0.4, 0.5) is 5.69 Å². The van der Waals surface area contributed by atoms with Gasteiger partial charge in [0.15, 0.2) is 0 Å². The van der Waals surface area contributed by atoms with E-state index in [-0.39, 0.29) is 36.8 Å². The molecule has 0 bridgehead atoms. The maximum Gasteiger partial charge on any atom is 0.255 e. The van der Waals surface area contributed by atoms with Crippen molar-refractivity contribution >= 4 is 36.4 Å². The van der Waals surface area contributed by atoms with Crippen LogP contribution < -0.4 is 11.1 Å². The summed E-state index contributed by atoms with van der Waals surface area (Å²) in [7, 11) is 1.81. The Bertz CT molecular complexity index is 612. The summed E-state index contributed by atoms with van der Waals surface area (Å²) in [5.41, 5.74) is 8.36. The highest BCUT2D eigenvalue weighted by Gasteiger charge is 2.34. The molecular weight excluding hydrogens is 311 g/mol. The van der Waals surface area contributed by atoms with Gasteiger partial charge in [-0.05, 0) is 24.1 Å². The Kier molecular flexibility index (Phi) is 5.78. The molecule has 0 unspecified atom stereocenters. The zero-order valence-electron chi connectivity index (χ0n) is 11.5. The third kappa shape index (κ3) is 3.97. The second kappa shape index (κ2) is 6.93. The molecule has 1 heterocycles. The molecule has 1 amide bonds. The number of aryl methyl sites for hydroxylation is 1. The largest absolute Gasteiger partial charge is 0.327 e. The monoisotopic (exact) mass is 328 g/mol. The van der Waals surface area contributed by atoms with Gasteiger partial charge in [-0.15, -0.1) is 24.8 Å². The molecule has 1 fully saturated rings. The molecule has 1 aromatic heterocycles. The van der Waals surface area contributed by atoms with Gasteiger partial charge in [0.1, 0.15) is 0 Å². The number of nitrogens with one attached hydrogen (secondary N) is 1. The third-order valence-electron chi connectivity index (χ3n) is 3.40. The fourth-order valence-corrected chi connectivity index (χ4v) is 2.17. The van der Waals surface area contributed by atoms with Gasteiger partial charge in [0.2, 0.25) is 0 Å². The number of carbonyl (C=O) groups excluding carboxylic acids is 1. The molecule has 1 saturated carbocycles. The van der Waals surface area contributed by atoms with E-state index in [9.17, 15) is 4.79 Å². The SMILES string of the molecule is Cl.Cl.Cn1cc(NC(=O)c2ccc([C@@H]3C[C@H]3N)cc2)cn1. The topological polar surface area (TPSA) is 72.9 Å². The van der Waals surface area contributed by atoms with Gasteiger partial charge in [-0.25, -0.2) is 0 Å².